The maximum Gasteiger partial charge on any atom is 0.330 e. The number of carbonyl (C=O) groups is 1. The third-order valence-electron chi connectivity index (χ3n) is 15.3. The minimum Gasteiger partial charge on any atom is -0.508 e. The lowest BCUT2D eigenvalue weighted by Gasteiger charge is -2.48. The van der Waals surface area contributed by atoms with Crippen LogP contribution in [0.5, 0.6) is 46.0 Å². The molecule has 0 saturated carbocycles. The number of esters is 1. The Morgan fingerprint density at radius 3 is 1.85 bits per heavy atom. The molecule has 87 heavy (non-hydrogen) atoms. The molecule has 0 bridgehead atoms. The number of ether oxygens (including phenoxy) is 13. The SMILES string of the molecule is CC1O[C@@H](O[C@H]2CO[C@@H](Oc3c(O)cc(-c4oc5cc(O)cc(O)c5c(=O)c4O[C@@H]4OC(C)[C@H](O)[C@H](O)C4O[C@@H]4OC(COC(=O)/C=C/c5ccc6c(c5)OCO6)[C@H](O)[C@H](O)C4O[C@@H]4OC(CO)[C@H](O)[C@H](O)C4O)cc3O)C(O)[C@H]2O)C(O)[C@@H](O)[C@H]1O. The normalized spacial score (nSPS) is 37.9. The Balaban J connectivity index is 0.940. The van der Waals surface area contributed by atoms with Gasteiger partial charge in [0.1, 0.15) is 127 Å². The number of hydrogen-bond donors (Lipinski definition) is 17. The Labute approximate surface area is 489 Å². The number of aromatic hydroxyl groups is 4. The molecular formula is C54H64O33. The van der Waals surface area contributed by atoms with Crippen molar-refractivity contribution in [3.63, 3.8) is 0 Å². The Hall–Kier alpha value is -6.36. The molecular weight excluding hydrogens is 1180 g/mol. The van der Waals surface area contributed by atoms with Crippen LogP contribution in [0.2, 0.25) is 0 Å². The van der Waals surface area contributed by atoms with Gasteiger partial charge >= 0.3 is 5.97 Å². The van der Waals surface area contributed by atoms with Crippen molar-refractivity contribution in [2.45, 2.75) is 161 Å². The average molecular weight is 1240 g/mol. The molecule has 6 aliphatic heterocycles. The van der Waals surface area contributed by atoms with Gasteiger partial charge in [-0.25, -0.2) is 4.79 Å². The fourth-order valence-electron chi connectivity index (χ4n) is 10.4. The van der Waals surface area contributed by atoms with Crippen LogP contribution in [0.15, 0.2) is 57.8 Å². The summed E-state index contributed by atoms with van der Waals surface area (Å²) in [5.41, 5.74) is -1.80. The molecule has 1 aromatic heterocycles. The van der Waals surface area contributed by atoms with Crippen LogP contribution < -0.4 is 24.4 Å². The van der Waals surface area contributed by atoms with Gasteiger partial charge in [-0.2, -0.15) is 0 Å². The number of aliphatic hydroxyl groups is 13. The van der Waals surface area contributed by atoms with Gasteiger partial charge < -0.3 is 153 Å². The summed E-state index contributed by atoms with van der Waals surface area (Å²) in [6.45, 7) is 0.223. The first-order chi connectivity index (χ1) is 41.3. The van der Waals surface area contributed by atoms with E-state index in [2.05, 4.69) is 0 Å². The van der Waals surface area contributed by atoms with Crippen LogP contribution in [0.3, 0.4) is 0 Å². The van der Waals surface area contributed by atoms with Crippen molar-refractivity contribution in [2.24, 2.45) is 0 Å². The lowest BCUT2D eigenvalue weighted by Crippen LogP contribution is -2.67. The smallest absolute Gasteiger partial charge is 0.330 e. The van der Waals surface area contributed by atoms with Crippen LogP contribution in [0.25, 0.3) is 28.4 Å². The first kappa shape index (κ1) is 63.7. The average Bonchev–Trinajstić information content (AvgIpc) is 1.32. The number of rotatable bonds is 16. The quantitative estimate of drug-likeness (QED) is 0.0368. The van der Waals surface area contributed by atoms with Crippen molar-refractivity contribution in [2.75, 3.05) is 26.6 Å². The molecule has 0 aliphatic carbocycles. The third-order valence-corrected chi connectivity index (χ3v) is 15.3. The highest BCUT2D eigenvalue weighted by Crippen LogP contribution is 2.46. The maximum absolute atomic E-state index is 14.7. The highest BCUT2D eigenvalue weighted by Gasteiger charge is 2.55. The van der Waals surface area contributed by atoms with Crippen LogP contribution >= 0.6 is 0 Å². The Morgan fingerprint density at radius 2 is 1.15 bits per heavy atom. The molecule has 17 N–H and O–H groups in total. The zero-order chi connectivity index (χ0) is 62.6. The first-order valence-electron chi connectivity index (χ1n) is 27.0. The zero-order valence-corrected chi connectivity index (χ0v) is 45.5. The summed E-state index contributed by atoms with van der Waals surface area (Å²) in [4.78, 5) is 27.7. The van der Waals surface area contributed by atoms with Crippen LogP contribution in [-0.2, 0) is 47.4 Å². The summed E-state index contributed by atoms with van der Waals surface area (Å²) in [5.74, 6) is -6.15. The molecule has 3 aromatic carbocycles. The number of phenolic OH excluding ortho intramolecular Hbond substituents is 4. The number of carbonyl (C=O) groups excluding carboxylic acids is 1. The topological polar surface area (TPSA) is 511 Å². The van der Waals surface area contributed by atoms with E-state index in [9.17, 15) is 96.4 Å². The van der Waals surface area contributed by atoms with Gasteiger partial charge in [-0.1, -0.05) is 6.07 Å². The molecule has 10 rings (SSSR count). The van der Waals surface area contributed by atoms with Crippen molar-refractivity contribution in [3.05, 3.63) is 64.3 Å². The molecule has 33 nitrogen and oxygen atoms in total. The highest BCUT2D eigenvalue weighted by molar-refractivity contribution is 5.89. The molecule has 9 unspecified atom stereocenters. The van der Waals surface area contributed by atoms with E-state index < -0.39 is 235 Å². The van der Waals surface area contributed by atoms with Crippen molar-refractivity contribution in [1.82, 2.24) is 0 Å². The summed E-state index contributed by atoms with van der Waals surface area (Å²) >= 11 is 0. The fraction of sp³-hybridized carbons (Fsp3) is 0.556. The van der Waals surface area contributed by atoms with Gasteiger partial charge in [-0.3, -0.25) is 4.79 Å². The standard InChI is InChI=1S/C54H64O33/c1-16-32(61)38(67)43(72)51(78-16)82-29-14-75-50(42(71)36(29)65)84-46-22(58)8-19(9-23(46)59)45-47(37(66)31-21(57)10-20(56)11-26(31)80-45)85-53-48(40(69)33(62)17(2)79-53)87-54-49(86-52-44(73)39(68)34(63)27(12-55)81-52)41(70)35(64)28(83-54)13-74-30(60)6-4-18-3-5-24-25(7-18)77-15-76-24/h3-11,16-17,27-29,32-36,38-44,48-59,61-65,67-73H,12-15H2,1-2H3/b6-4+/t16?,17?,27?,28?,29-,32-,33-,34-,35-,36-,38-,39-,40-,41-,42?,43?,44?,48?,49?,50-,51-,52-,53-,54-/m0/s1. The van der Waals surface area contributed by atoms with Crippen LogP contribution in [0.1, 0.15) is 19.4 Å². The van der Waals surface area contributed by atoms with Gasteiger partial charge in [0.05, 0.1) is 25.4 Å². The van der Waals surface area contributed by atoms with Gasteiger partial charge in [0.25, 0.3) is 0 Å². The minimum atomic E-state index is -2.23. The molecule has 5 saturated heterocycles. The second kappa shape index (κ2) is 26.0. The number of phenols is 4. The monoisotopic (exact) mass is 1240 g/mol. The van der Waals surface area contributed by atoms with E-state index in [1.165, 1.54) is 19.9 Å². The Bertz CT molecular complexity index is 3150. The van der Waals surface area contributed by atoms with E-state index >= 15 is 0 Å². The van der Waals surface area contributed by atoms with Gasteiger partial charge in [0.2, 0.25) is 36.3 Å². The summed E-state index contributed by atoms with van der Waals surface area (Å²) in [5, 5.41) is 185. The maximum atomic E-state index is 14.7. The minimum absolute atomic E-state index is 0.0128. The fourth-order valence-corrected chi connectivity index (χ4v) is 10.4. The van der Waals surface area contributed by atoms with Gasteiger partial charge in [-0.15, -0.1) is 0 Å². The van der Waals surface area contributed by atoms with E-state index in [0.29, 0.717) is 17.1 Å². The van der Waals surface area contributed by atoms with Gasteiger partial charge in [0.15, 0.2) is 53.7 Å². The first-order valence-corrected chi connectivity index (χ1v) is 27.0. The predicted octanol–water partition coefficient (Wildman–Crippen LogP) is -5.20. The molecule has 7 heterocycles. The molecule has 33 heteroatoms. The lowest BCUT2D eigenvalue weighted by atomic mass is 9.96. The zero-order valence-electron chi connectivity index (χ0n) is 45.5. The summed E-state index contributed by atoms with van der Waals surface area (Å²) < 4.78 is 79.8. The van der Waals surface area contributed by atoms with Crippen molar-refractivity contribution >= 4 is 23.0 Å². The second-order valence-corrected chi connectivity index (χ2v) is 21.2. The largest absolute Gasteiger partial charge is 0.508 e. The van der Waals surface area contributed by atoms with Crippen LogP contribution in [-0.4, -0.2) is 267 Å². The Morgan fingerprint density at radius 1 is 0.575 bits per heavy atom. The number of fused-ring (bicyclic) bond motifs is 2. The molecule has 4 aromatic rings. The molecule has 0 radical (unpaired) electrons. The van der Waals surface area contributed by atoms with Crippen molar-refractivity contribution < 1.29 is 158 Å². The highest BCUT2D eigenvalue weighted by atomic mass is 16.8. The predicted molar refractivity (Wildman–Crippen MR) is 278 cm³/mol. The van der Waals surface area contributed by atoms with Crippen molar-refractivity contribution in [1.29, 1.82) is 0 Å². The van der Waals surface area contributed by atoms with Crippen LogP contribution in [0.4, 0.5) is 0 Å². The van der Waals surface area contributed by atoms with E-state index in [-0.39, 0.29) is 6.79 Å². The number of benzene rings is 3. The van der Waals surface area contributed by atoms with Crippen molar-refractivity contribution in [3.8, 4) is 57.3 Å². The lowest BCUT2D eigenvalue weighted by molar-refractivity contribution is -0.388. The molecule has 24 atom stereocenters. The van der Waals surface area contributed by atoms with E-state index in [0.717, 1.165) is 30.3 Å². The Kier molecular flexibility index (Phi) is 19.0. The molecule has 5 fully saturated rings. The summed E-state index contributed by atoms with van der Waals surface area (Å²) in [6.07, 6.45) is -42.5. The summed E-state index contributed by atoms with van der Waals surface area (Å²) in [7, 11) is 0. The van der Waals surface area contributed by atoms with E-state index in [4.69, 9.17) is 66.0 Å². The number of aliphatic hydroxyl groups excluding tert-OH is 13. The number of hydrogen-bond acceptors (Lipinski definition) is 33. The molecule has 0 amide bonds. The summed E-state index contributed by atoms with van der Waals surface area (Å²) in [6, 6.07) is 8.07. The molecule has 0 spiro atoms. The molecule has 6 aliphatic rings. The van der Waals surface area contributed by atoms with Crippen LogP contribution in [0, 0.1) is 0 Å². The van der Waals surface area contributed by atoms with E-state index in [1.807, 2.05) is 0 Å². The second-order valence-electron chi connectivity index (χ2n) is 21.2. The van der Waals surface area contributed by atoms with E-state index in [1.54, 1.807) is 18.2 Å². The third kappa shape index (κ3) is 12.8. The van der Waals surface area contributed by atoms with Gasteiger partial charge in [0, 0.05) is 23.8 Å². The van der Waals surface area contributed by atoms with Gasteiger partial charge in [-0.05, 0) is 49.8 Å². The molecule has 478 valence electrons.